The number of aryl methyl sites for hydroxylation is 1. The second kappa shape index (κ2) is 4.10. The number of fused-ring (bicyclic) bond motifs is 1. The van der Waals surface area contributed by atoms with Crippen LogP contribution in [0.2, 0.25) is 0 Å². The van der Waals surface area contributed by atoms with Crippen LogP contribution in [0, 0.1) is 6.92 Å². The molecule has 0 saturated heterocycles. The maximum absolute atomic E-state index is 11.1. The van der Waals surface area contributed by atoms with E-state index in [4.69, 9.17) is 10.2 Å². The monoisotopic (exact) mass is 258 g/mol. The predicted octanol–water partition coefficient (Wildman–Crippen LogP) is 1.29. The Labute approximate surface area is 108 Å². The highest BCUT2D eigenvalue weighted by atomic mass is 16.4. The van der Waals surface area contributed by atoms with E-state index in [1.165, 1.54) is 0 Å². The summed E-state index contributed by atoms with van der Waals surface area (Å²) in [7, 11) is 1.87. The molecule has 19 heavy (non-hydrogen) atoms. The normalized spacial score (nSPS) is 11.3. The number of hydrogen-bond donors (Lipinski definition) is 2. The molecule has 0 bridgehead atoms. The molecule has 0 unspecified atom stereocenters. The van der Waals surface area contributed by atoms with Gasteiger partial charge in [-0.15, -0.1) is 0 Å². The van der Waals surface area contributed by atoms with Crippen molar-refractivity contribution in [1.82, 2.24) is 14.8 Å². The van der Waals surface area contributed by atoms with Crippen LogP contribution in [0.3, 0.4) is 0 Å². The topological polar surface area (TPSA) is 89.8 Å². The summed E-state index contributed by atoms with van der Waals surface area (Å²) < 4.78 is 6.77. The molecule has 0 aliphatic rings. The molecule has 2 heterocycles. The van der Waals surface area contributed by atoms with Gasteiger partial charge in [-0.1, -0.05) is 0 Å². The lowest BCUT2D eigenvalue weighted by Crippen LogP contribution is -2.05. The molecule has 6 heteroatoms. The minimum Gasteiger partial charge on any atom is -0.408 e. The van der Waals surface area contributed by atoms with E-state index in [-0.39, 0.29) is 0 Å². The summed E-state index contributed by atoms with van der Waals surface area (Å²) in [6, 6.07) is 5.50. The van der Waals surface area contributed by atoms with E-state index >= 15 is 0 Å². The molecule has 6 nitrogen and oxygen atoms in total. The number of aromatic nitrogens is 3. The van der Waals surface area contributed by atoms with Gasteiger partial charge in [-0.25, -0.2) is 4.79 Å². The van der Waals surface area contributed by atoms with E-state index in [9.17, 15) is 4.79 Å². The van der Waals surface area contributed by atoms with Crippen molar-refractivity contribution in [1.29, 1.82) is 0 Å². The molecule has 3 aromatic rings. The molecular formula is C13H14N4O2. The van der Waals surface area contributed by atoms with Crippen molar-refractivity contribution in [3.05, 3.63) is 40.0 Å². The standard InChI is InChI=1S/C13H14N4O2/c1-7-10(6-14)17(2)16-12(7)8-3-4-11-9(5-8)15-13(18)19-11/h3-5H,6,14H2,1-2H3,(H,15,18). The van der Waals surface area contributed by atoms with E-state index in [1.807, 2.05) is 26.1 Å². The van der Waals surface area contributed by atoms with E-state index in [1.54, 1.807) is 10.7 Å². The zero-order valence-corrected chi connectivity index (χ0v) is 10.7. The highest BCUT2D eigenvalue weighted by Crippen LogP contribution is 2.26. The van der Waals surface area contributed by atoms with Crippen LogP contribution < -0.4 is 11.5 Å². The van der Waals surface area contributed by atoms with E-state index in [2.05, 4.69) is 10.1 Å². The Morgan fingerprint density at radius 1 is 1.47 bits per heavy atom. The molecule has 0 fully saturated rings. The molecule has 1 aromatic carbocycles. The molecule has 0 radical (unpaired) electrons. The lowest BCUT2D eigenvalue weighted by Gasteiger charge is -1.99. The molecule has 0 saturated carbocycles. The number of nitrogens with one attached hydrogen (secondary N) is 1. The first kappa shape index (κ1) is 11.7. The van der Waals surface area contributed by atoms with Gasteiger partial charge < -0.3 is 10.2 Å². The van der Waals surface area contributed by atoms with Gasteiger partial charge in [-0.2, -0.15) is 5.10 Å². The van der Waals surface area contributed by atoms with Gasteiger partial charge in [0, 0.05) is 19.2 Å². The third-order valence-corrected chi connectivity index (χ3v) is 3.31. The third kappa shape index (κ3) is 1.77. The summed E-state index contributed by atoms with van der Waals surface area (Å²) in [5.41, 5.74) is 10.8. The van der Waals surface area contributed by atoms with Crippen molar-refractivity contribution < 1.29 is 4.42 Å². The Balaban J connectivity index is 2.21. The first-order chi connectivity index (χ1) is 9.10. The SMILES string of the molecule is Cc1c(-c2ccc3oc(=O)[nH]c3c2)nn(C)c1CN. The van der Waals surface area contributed by atoms with Crippen molar-refractivity contribution in [3.8, 4) is 11.3 Å². The minimum atomic E-state index is -0.451. The fraction of sp³-hybridized carbons (Fsp3) is 0.231. The van der Waals surface area contributed by atoms with Gasteiger partial charge in [0.2, 0.25) is 0 Å². The lowest BCUT2D eigenvalue weighted by molar-refractivity contribution is 0.555. The Kier molecular flexibility index (Phi) is 2.53. The molecule has 0 aliphatic carbocycles. The number of rotatable bonds is 2. The van der Waals surface area contributed by atoms with E-state index in [0.29, 0.717) is 17.6 Å². The molecule has 0 aliphatic heterocycles. The van der Waals surface area contributed by atoms with Crippen LogP contribution in [-0.4, -0.2) is 14.8 Å². The highest BCUT2D eigenvalue weighted by Gasteiger charge is 2.13. The molecule has 2 aromatic heterocycles. The summed E-state index contributed by atoms with van der Waals surface area (Å²) in [5, 5.41) is 4.48. The van der Waals surface area contributed by atoms with Gasteiger partial charge in [-0.3, -0.25) is 9.67 Å². The molecule has 0 amide bonds. The van der Waals surface area contributed by atoms with Crippen molar-refractivity contribution in [3.63, 3.8) is 0 Å². The quantitative estimate of drug-likeness (QED) is 0.724. The van der Waals surface area contributed by atoms with Gasteiger partial charge in [0.25, 0.3) is 0 Å². The van der Waals surface area contributed by atoms with Crippen molar-refractivity contribution >= 4 is 11.1 Å². The van der Waals surface area contributed by atoms with Crippen LogP contribution in [0.1, 0.15) is 11.3 Å². The average Bonchev–Trinajstić information content (AvgIpc) is 2.87. The van der Waals surface area contributed by atoms with Crippen LogP contribution in [0.4, 0.5) is 0 Å². The highest BCUT2D eigenvalue weighted by molar-refractivity contribution is 5.79. The Morgan fingerprint density at radius 2 is 2.26 bits per heavy atom. The van der Waals surface area contributed by atoms with Crippen LogP contribution in [0.15, 0.2) is 27.4 Å². The third-order valence-electron chi connectivity index (χ3n) is 3.31. The first-order valence-corrected chi connectivity index (χ1v) is 5.96. The summed E-state index contributed by atoms with van der Waals surface area (Å²) >= 11 is 0. The van der Waals surface area contributed by atoms with Crippen LogP contribution in [0.5, 0.6) is 0 Å². The number of oxazole rings is 1. The molecule has 0 atom stereocenters. The van der Waals surface area contributed by atoms with Crippen molar-refractivity contribution in [2.75, 3.05) is 0 Å². The Hall–Kier alpha value is -2.34. The van der Waals surface area contributed by atoms with Gasteiger partial charge in [-0.05, 0) is 30.7 Å². The zero-order chi connectivity index (χ0) is 13.6. The zero-order valence-electron chi connectivity index (χ0n) is 10.7. The minimum absolute atomic E-state index is 0.445. The number of aromatic amines is 1. The molecule has 3 N–H and O–H groups in total. The number of nitrogens with zero attached hydrogens (tertiary/aromatic N) is 2. The molecule has 3 rings (SSSR count). The predicted molar refractivity (Wildman–Crippen MR) is 71.7 cm³/mol. The second-order valence-corrected chi connectivity index (χ2v) is 4.47. The van der Waals surface area contributed by atoms with Gasteiger partial charge in [0.1, 0.15) is 0 Å². The Morgan fingerprint density at radius 3 is 2.95 bits per heavy atom. The van der Waals surface area contributed by atoms with Crippen molar-refractivity contribution in [2.45, 2.75) is 13.5 Å². The first-order valence-electron chi connectivity index (χ1n) is 5.96. The van der Waals surface area contributed by atoms with Crippen LogP contribution in [0.25, 0.3) is 22.4 Å². The maximum atomic E-state index is 11.1. The second-order valence-electron chi connectivity index (χ2n) is 4.47. The van der Waals surface area contributed by atoms with E-state index in [0.717, 1.165) is 22.5 Å². The average molecular weight is 258 g/mol. The van der Waals surface area contributed by atoms with Crippen molar-refractivity contribution in [2.24, 2.45) is 12.8 Å². The molecule has 98 valence electrons. The Bertz CT molecular complexity index is 810. The summed E-state index contributed by atoms with van der Waals surface area (Å²) in [4.78, 5) is 13.8. The number of hydrogen-bond acceptors (Lipinski definition) is 4. The molecular weight excluding hydrogens is 244 g/mol. The number of nitrogens with two attached hydrogens (primary N) is 1. The fourth-order valence-corrected chi connectivity index (χ4v) is 2.32. The molecule has 0 spiro atoms. The lowest BCUT2D eigenvalue weighted by atomic mass is 10.1. The fourth-order valence-electron chi connectivity index (χ4n) is 2.32. The number of H-pyrrole nitrogens is 1. The largest absolute Gasteiger partial charge is 0.417 e. The van der Waals surface area contributed by atoms with Gasteiger partial charge in [0.05, 0.1) is 16.9 Å². The summed E-state index contributed by atoms with van der Waals surface area (Å²) in [6.45, 7) is 2.44. The van der Waals surface area contributed by atoms with Crippen LogP contribution >= 0.6 is 0 Å². The number of benzene rings is 1. The van der Waals surface area contributed by atoms with Gasteiger partial charge >= 0.3 is 5.76 Å². The summed E-state index contributed by atoms with van der Waals surface area (Å²) in [5.74, 6) is -0.451. The van der Waals surface area contributed by atoms with E-state index < -0.39 is 5.76 Å². The van der Waals surface area contributed by atoms with Gasteiger partial charge in [0.15, 0.2) is 5.58 Å². The smallest absolute Gasteiger partial charge is 0.408 e. The summed E-state index contributed by atoms with van der Waals surface area (Å²) in [6.07, 6.45) is 0. The van der Waals surface area contributed by atoms with Crippen LogP contribution in [-0.2, 0) is 13.6 Å². The maximum Gasteiger partial charge on any atom is 0.417 e.